The minimum absolute atomic E-state index is 0.0874. The molecule has 4 N–H and O–H groups in total. The van der Waals surface area contributed by atoms with Crippen LogP contribution in [0, 0.1) is 0 Å². The van der Waals surface area contributed by atoms with E-state index in [-0.39, 0.29) is 5.54 Å². The standard InChI is InChI=1S/C20H23N5/c1-20(21)7-3-5-14(9-20)24-19-23-10-13-8-12-4-2-6-16-17(12)15(11-22-16)18(13)25-19/h2,4,6,10-11,14,22H,3,5,7-9,21H2,1H3,(H,23,24,25)/t14-,20+/m1/s1. The lowest BCUT2D eigenvalue weighted by atomic mass is 9.81. The first kappa shape index (κ1) is 14.9. The van der Waals surface area contributed by atoms with Crippen LogP contribution in [0.25, 0.3) is 22.2 Å². The molecule has 5 nitrogen and oxygen atoms in total. The lowest BCUT2D eigenvalue weighted by Gasteiger charge is -2.35. The number of aromatic amines is 1. The van der Waals surface area contributed by atoms with Gasteiger partial charge >= 0.3 is 0 Å². The van der Waals surface area contributed by atoms with Gasteiger partial charge in [-0.3, -0.25) is 0 Å². The molecule has 1 aromatic carbocycles. The van der Waals surface area contributed by atoms with Crippen LogP contribution < -0.4 is 11.1 Å². The summed E-state index contributed by atoms with van der Waals surface area (Å²) in [4.78, 5) is 12.8. The molecule has 128 valence electrons. The average Bonchev–Trinajstić information content (AvgIpc) is 3.01. The first-order chi connectivity index (χ1) is 12.1. The van der Waals surface area contributed by atoms with Gasteiger partial charge in [-0.1, -0.05) is 12.1 Å². The van der Waals surface area contributed by atoms with Gasteiger partial charge in [0.15, 0.2) is 0 Å². The van der Waals surface area contributed by atoms with E-state index >= 15 is 0 Å². The van der Waals surface area contributed by atoms with Crippen molar-refractivity contribution in [2.24, 2.45) is 5.73 Å². The molecule has 0 bridgehead atoms. The van der Waals surface area contributed by atoms with Crippen LogP contribution in [0.5, 0.6) is 0 Å². The predicted octanol–water partition coefficient (Wildman–Crippen LogP) is 3.60. The molecule has 0 spiro atoms. The van der Waals surface area contributed by atoms with E-state index in [1.54, 1.807) is 0 Å². The summed E-state index contributed by atoms with van der Waals surface area (Å²) in [5.41, 5.74) is 12.2. The van der Waals surface area contributed by atoms with E-state index in [0.29, 0.717) is 6.04 Å². The molecule has 0 unspecified atom stereocenters. The molecular formula is C20H23N5. The number of hydrogen-bond donors (Lipinski definition) is 3. The third-order valence-corrected chi connectivity index (χ3v) is 5.64. The van der Waals surface area contributed by atoms with Gasteiger partial charge in [-0.05, 0) is 44.2 Å². The van der Waals surface area contributed by atoms with E-state index in [4.69, 9.17) is 10.7 Å². The van der Waals surface area contributed by atoms with Gasteiger partial charge < -0.3 is 16.0 Å². The summed E-state index contributed by atoms with van der Waals surface area (Å²) in [6.07, 6.45) is 9.28. The number of fused-ring (bicyclic) bond motifs is 2. The monoisotopic (exact) mass is 333 g/mol. The molecule has 1 fully saturated rings. The minimum atomic E-state index is -0.0874. The second kappa shape index (κ2) is 5.30. The molecular weight excluding hydrogens is 310 g/mol. The smallest absolute Gasteiger partial charge is 0.223 e. The molecule has 5 heteroatoms. The van der Waals surface area contributed by atoms with Crippen LogP contribution in [0.2, 0.25) is 0 Å². The van der Waals surface area contributed by atoms with E-state index in [2.05, 4.69) is 46.6 Å². The zero-order valence-electron chi connectivity index (χ0n) is 14.5. The molecule has 5 rings (SSSR count). The maximum absolute atomic E-state index is 6.34. The number of anilines is 1. The molecule has 2 aliphatic rings. The summed E-state index contributed by atoms with van der Waals surface area (Å²) in [5.74, 6) is 0.718. The van der Waals surface area contributed by atoms with Crippen molar-refractivity contribution in [2.45, 2.75) is 50.6 Å². The molecule has 0 saturated heterocycles. The Labute approximate surface area is 147 Å². The fourth-order valence-corrected chi connectivity index (χ4v) is 4.46. The maximum Gasteiger partial charge on any atom is 0.223 e. The molecule has 0 aliphatic heterocycles. The van der Waals surface area contributed by atoms with Crippen LogP contribution in [-0.2, 0) is 6.42 Å². The lowest BCUT2D eigenvalue weighted by molar-refractivity contribution is 0.302. The number of nitrogens with zero attached hydrogens (tertiary/aromatic N) is 2. The van der Waals surface area contributed by atoms with Crippen molar-refractivity contribution >= 4 is 16.9 Å². The van der Waals surface area contributed by atoms with Gasteiger partial charge in [-0.25, -0.2) is 9.97 Å². The minimum Gasteiger partial charge on any atom is -0.360 e. The summed E-state index contributed by atoms with van der Waals surface area (Å²) >= 11 is 0. The van der Waals surface area contributed by atoms with Gasteiger partial charge in [0.05, 0.1) is 5.69 Å². The zero-order chi connectivity index (χ0) is 17.0. The summed E-state index contributed by atoms with van der Waals surface area (Å²) < 4.78 is 0. The van der Waals surface area contributed by atoms with Crippen molar-refractivity contribution in [3.63, 3.8) is 0 Å². The Morgan fingerprint density at radius 1 is 1.32 bits per heavy atom. The number of benzene rings is 1. The van der Waals surface area contributed by atoms with Crippen LogP contribution in [0.4, 0.5) is 5.95 Å². The highest BCUT2D eigenvalue weighted by Crippen LogP contribution is 2.38. The fourth-order valence-electron chi connectivity index (χ4n) is 4.46. The van der Waals surface area contributed by atoms with E-state index < -0.39 is 0 Å². The number of rotatable bonds is 2. The average molecular weight is 333 g/mol. The van der Waals surface area contributed by atoms with Crippen LogP contribution in [0.3, 0.4) is 0 Å². The quantitative estimate of drug-likeness (QED) is 0.523. The summed E-state index contributed by atoms with van der Waals surface area (Å²) in [5, 5.41) is 4.82. The second-order valence-corrected chi connectivity index (χ2v) is 7.88. The Morgan fingerprint density at radius 3 is 3.12 bits per heavy atom. The van der Waals surface area contributed by atoms with Crippen LogP contribution >= 0.6 is 0 Å². The molecule has 3 aromatic rings. The fraction of sp³-hybridized carbons (Fsp3) is 0.400. The van der Waals surface area contributed by atoms with E-state index in [1.807, 2.05) is 6.20 Å². The summed E-state index contributed by atoms with van der Waals surface area (Å²) in [6, 6.07) is 6.77. The zero-order valence-corrected chi connectivity index (χ0v) is 14.5. The topological polar surface area (TPSA) is 79.6 Å². The first-order valence-electron chi connectivity index (χ1n) is 9.10. The third kappa shape index (κ3) is 2.50. The van der Waals surface area contributed by atoms with Gasteiger partial charge in [0.25, 0.3) is 0 Å². The Hall–Kier alpha value is -2.40. The Kier molecular flexibility index (Phi) is 3.16. The van der Waals surface area contributed by atoms with Crippen LogP contribution in [0.1, 0.15) is 43.7 Å². The summed E-state index contributed by atoms with van der Waals surface area (Å²) in [7, 11) is 0. The van der Waals surface area contributed by atoms with Crippen LogP contribution in [-0.4, -0.2) is 26.5 Å². The molecule has 2 aliphatic carbocycles. The highest BCUT2D eigenvalue weighted by molar-refractivity contribution is 5.99. The summed E-state index contributed by atoms with van der Waals surface area (Å²) in [6.45, 7) is 2.14. The van der Waals surface area contributed by atoms with E-state index in [9.17, 15) is 0 Å². The molecule has 2 aromatic heterocycles. The van der Waals surface area contributed by atoms with E-state index in [1.165, 1.54) is 27.6 Å². The third-order valence-electron chi connectivity index (χ3n) is 5.64. The molecule has 25 heavy (non-hydrogen) atoms. The first-order valence-corrected chi connectivity index (χ1v) is 9.10. The van der Waals surface area contributed by atoms with Crippen molar-refractivity contribution in [2.75, 3.05) is 5.32 Å². The Balaban J connectivity index is 1.50. The van der Waals surface area contributed by atoms with Gasteiger partial charge in [0, 0.05) is 52.4 Å². The van der Waals surface area contributed by atoms with Crippen molar-refractivity contribution in [1.82, 2.24) is 15.0 Å². The highest BCUT2D eigenvalue weighted by atomic mass is 15.1. The number of aromatic nitrogens is 3. The molecule has 2 heterocycles. The van der Waals surface area contributed by atoms with Gasteiger partial charge in [0.2, 0.25) is 5.95 Å². The van der Waals surface area contributed by atoms with Gasteiger partial charge in [0.1, 0.15) is 0 Å². The number of nitrogens with one attached hydrogen (secondary N) is 2. The van der Waals surface area contributed by atoms with Crippen molar-refractivity contribution < 1.29 is 0 Å². The molecule has 0 amide bonds. The molecule has 0 radical (unpaired) electrons. The second-order valence-electron chi connectivity index (χ2n) is 7.88. The normalized spacial score (nSPS) is 25.0. The van der Waals surface area contributed by atoms with Gasteiger partial charge in [-0.2, -0.15) is 0 Å². The molecule has 1 saturated carbocycles. The highest BCUT2D eigenvalue weighted by Gasteiger charge is 2.29. The largest absolute Gasteiger partial charge is 0.360 e. The maximum atomic E-state index is 6.34. The van der Waals surface area contributed by atoms with Crippen LogP contribution in [0.15, 0.2) is 30.6 Å². The SMILES string of the molecule is C[C@]1(N)CCC[C@@H](Nc2ncc3c(n2)-c2c[nH]c4cccc(c24)C3)C1. The Morgan fingerprint density at radius 2 is 2.24 bits per heavy atom. The van der Waals surface area contributed by atoms with Crippen molar-refractivity contribution in [1.29, 1.82) is 0 Å². The van der Waals surface area contributed by atoms with Gasteiger partial charge in [-0.15, -0.1) is 0 Å². The lowest BCUT2D eigenvalue weighted by Crippen LogP contribution is -2.45. The predicted molar refractivity (Wildman–Crippen MR) is 101 cm³/mol. The molecule has 2 atom stereocenters. The number of hydrogen-bond acceptors (Lipinski definition) is 4. The number of H-pyrrole nitrogens is 1. The number of nitrogens with two attached hydrogens (primary N) is 1. The van der Waals surface area contributed by atoms with E-state index in [0.717, 1.165) is 43.7 Å². The van der Waals surface area contributed by atoms with Crippen molar-refractivity contribution in [3.05, 3.63) is 41.7 Å². The Bertz CT molecular complexity index is 956. The van der Waals surface area contributed by atoms with Crippen molar-refractivity contribution in [3.8, 4) is 11.3 Å².